The first-order valence-electron chi connectivity index (χ1n) is 16.5. The Bertz CT molecular complexity index is 2390. The summed E-state index contributed by atoms with van der Waals surface area (Å²) in [5.74, 6) is 2.43. The van der Waals surface area contributed by atoms with Gasteiger partial charge in [0.15, 0.2) is 11.5 Å². The van der Waals surface area contributed by atoms with E-state index >= 15 is 0 Å². The molecule has 0 bridgehead atoms. The molecule has 0 spiro atoms. The number of hydrogen-bond donors (Lipinski definition) is 0. The summed E-state index contributed by atoms with van der Waals surface area (Å²) in [7, 11) is 0. The van der Waals surface area contributed by atoms with Crippen LogP contribution in [-0.2, 0) is 0 Å². The summed E-state index contributed by atoms with van der Waals surface area (Å²) in [5.41, 5.74) is 9.26. The van der Waals surface area contributed by atoms with Crippen molar-refractivity contribution in [2.75, 3.05) is 9.80 Å². The van der Waals surface area contributed by atoms with Crippen LogP contribution in [0, 0.1) is 22.7 Å². The fraction of sp³-hybridized carbons (Fsp3) is 0.0455. The zero-order valence-corrected chi connectivity index (χ0v) is 26.8. The standard InChI is InChI=1S/C44H28N4O2/c45-27-31-25-35(29-17-21-33(22-18-29)47-37-9-1-5-13-41(37)49-42-14-6-2-10-38(42)47)36(26-32(31)28-46)30-19-23-34(24-20-30)48-39-11-3-7-15-43(39)50-44-16-8-4-12-40(44)48/h1-26,37,41H. The third kappa shape index (κ3) is 4.79. The second-order valence-electron chi connectivity index (χ2n) is 12.3. The van der Waals surface area contributed by atoms with Crippen molar-refractivity contribution in [3.63, 3.8) is 0 Å². The summed E-state index contributed by atoms with van der Waals surface area (Å²) < 4.78 is 12.5. The average molecular weight is 645 g/mol. The predicted molar refractivity (Wildman–Crippen MR) is 197 cm³/mol. The molecule has 0 aromatic heterocycles. The SMILES string of the molecule is N#Cc1cc(-c2ccc(N3c4ccccc4Oc4ccccc43)cc2)c(-c2ccc(N3c4ccccc4OC4C=CC=CC43)cc2)cc1C#N. The van der Waals surface area contributed by atoms with E-state index in [0.29, 0.717) is 11.1 Å². The van der Waals surface area contributed by atoms with E-state index in [9.17, 15) is 10.5 Å². The first kappa shape index (κ1) is 29.1. The molecular weight excluding hydrogens is 617 g/mol. The van der Waals surface area contributed by atoms with Crippen LogP contribution >= 0.6 is 0 Å². The quantitative estimate of drug-likeness (QED) is 0.190. The molecule has 0 saturated heterocycles. The Morgan fingerprint density at radius 1 is 0.520 bits per heavy atom. The lowest BCUT2D eigenvalue weighted by molar-refractivity contribution is 0.218. The highest BCUT2D eigenvalue weighted by Crippen LogP contribution is 2.50. The first-order chi connectivity index (χ1) is 24.7. The molecule has 0 radical (unpaired) electrons. The van der Waals surface area contributed by atoms with Gasteiger partial charge in [0.1, 0.15) is 24.0 Å². The molecule has 236 valence electrons. The third-order valence-corrected chi connectivity index (χ3v) is 9.47. The molecule has 2 aliphatic heterocycles. The van der Waals surface area contributed by atoms with Crippen LogP contribution in [0.1, 0.15) is 11.1 Å². The average Bonchev–Trinajstić information content (AvgIpc) is 3.18. The van der Waals surface area contributed by atoms with Gasteiger partial charge in [0.25, 0.3) is 0 Å². The number of anilines is 5. The molecule has 6 aromatic carbocycles. The van der Waals surface area contributed by atoms with Gasteiger partial charge >= 0.3 is 0 Å². The van der Waals surface area contributed by atoms with Crippen molar-refractivity contribution in [1.29, 1.82) is 10.5 Å². The van der Waals surface area contributed by atoms with Gasteiger partial charge in [-0.15, -0.1) is 0 Å². The largest absolute Gasteiger partial charge is 0.482 e. The Labute approximate surface area is 290 Å². The van der Waals surface area contributed by atoms with Gasteiger partial charge in [-0.05, 0) is 101 Å². The second kappa shape index (κ2) is 11.9. The highest BCUT2D eigenvalue weighted by atomic mass is 16.5. The maximum absolute atomic E-state index is 9.99. The van der Waals surface area contributed by atoms with Crippen LogP contribution < -0.4 is 19.3 Å². The minimum absolute atomic E-state index is 0.0142. The fourth-order valence-corrected chi connectivity index (χ4v) is 7.13. The van der Waals surface area contributed by atoms with Gasteiger partial charge in [0.05, 0.1) is 34.2 Å². The number of nitriles is 2. The summed E-state index contributed by atoms with van der Waals surface area (Å²) in [5, 5.41) is 20.0. The summed E-state index contributed by atoms with van der Waals surface area (Å²) >= 11 is 0. The number of benzene rings is 6. The van der Waals surface area contributed by atoms with Crippen molar-refractivity contribution in [2.45, 2.75) is 12.1 Å². The van der Waals surface area contributed by atoms with Crippen molar-refractivity contribution in [3.8, 4) is 51.6 Å². The maximum Gasteiger partial charge on any atom is 0.151 e. The van der Waals surface area contributed by atoms with Crippen molar-refractivity contribution in [2.24, 2.45) is 0 Å². The first-order valence-corrected chi connectivity index (χ1v) is 16.5. The highest BCUT2D eigenvalue weighted by molar-refractivity contribution is 5.90. The molecule has 0 N–H and O–H groups in total. The lowest BCUT2D eigenvalue weighted by atomic mass is 9.90. The molecule has 6 heteroatoms. The normalized spacial score (nSPS) is 16.4. The molecule has 3 aliphatic rings. The number of rotatable bonds is 4. The smallest absolute Gasteiger partial charge is 0.151 e. The molecule has 0 fully saturated rings. The molecule has 1 aliphatic carbocycles. The van der Waals surface area contributed by atoms with E-state index in [1.54, 1.807) is 0 Å². The Morgan fingerprint density at radius 3 is 1.60 bits per heavy atom. The topological polar surface area (TPSA) is 72.5 Å². The second-order valence-corrected chi connectivity index (χ2v) is 12.3. The van der Waals surface area contributed by atoms with E-state index in [1.807, 2.05) is 72.8 Å². The van der Waals surface area contributed by atoms with Crippen molar-refractivity contribution < 1.29 is 9.47 Å². The van der Waals surface area contributed by atoms with Crippen LogP contribution in [-0.4, -0.2) is 12.1 Å². The minimum atomic E-state index is -0.0970. The van der Waals surface area contributed by atoms with Gasteiger partial charge in [0.2, 0.25) is 0 Å². The van der Waals surface area contributed by atoms with E-state index in [2.05, 4.69) is 107 Å². The number of para-hydroxylation sites is 6. The monoisotopic (exact) mass is 644 g/mol. The van der Waals surface area contributed by atoms with Crippen LogP contribution in [0.25, 0.3) is 22.3 Å². The number of allylic oxidation sites excluding steroid dienone is 2. The van der Waals surface area contributed by atoms with Gasteiger partial charge in [0, 0.05) is 11.4 Å². The molecule has 2 heterocycles. The molecule has 9 rings (SSSR count). The van der Waals surface area contributed by atoms with Gasteiger partial charge in [-0.25, -0.2) is 0 Å². The number of ether oxygens (including phenoxy) is 2. The summed E-state index contributed by atoms with van der Waals surface area (Å²) in [6.45, 7) is 0. The molecule has 6 nitrogen and oxygen atoms in total. The Kier molecular flexibility index (Phi) is 6.93. The summed E-state index contributed by atoms with van der Waals surface area (Å²) in [6.07, 6.45) is 8.26. The zero-order chi connectivity index (χ0) is 33.6. The van der Waals surface area contributed by atoms with E-state index in [4.69, 9.17) is 9.47 Å². The molecule has 2 atom stereocenters. The van der Waals surface area contributed by atoms with Crippen LogP contribution in [0.2, 0.25) is 0 Å². The summed E-state index contributed by atoms with van der Waals surface area (Å²) in [6, 6.07) is 49.0. The van der Waals surface area contributed by atoms with Crippen molar-refractivity contribution in [3.05, 3.63) is 169 Å². The van der Waals surface area contributed by atoms with Gasteiger partial charge in [-0.2, -0.15) is 10.5 Å². The molecular formula is C44H28N4O2. The molecule has 6 aromatic rings. The summed E-state index contributed by atoms with van der Waals surface area (Å²) in [4.78, 5) is 4.51. The third-order valence-electron chi connectivity index (χ3n) is 9.47. The Balaban J connectivity index is 1.11. The molecule has 2 unspecified atom stereocenters. The molecule has 0 amide bonds. The van der Waals surface area contributed by atoms with E-state index in [0.717, 1.165) is 67.9 Å². The number of hydrogen-bond acceptors (Lipinski definition) is 6. The number of fused-ring (bicyclic) bond motifs is 4. The Morgan fingerprint density at radius 2 is 1.02 bits per heavy atom. The molecule has 50 heavy (non-hydrogen) atoms. The van der Waals surface area contributed by atoms with Crippen LogP contribution in [0.5, 0.6) is 17.2 Å². The maximum atomic E-state index is 9.99. The highest BCUT2D eigenvalue weighted by Gasteiger charge is 2.34. The predicted octanol–water partition coefficient (Wildman–Crippen LogP) is 10.7. The minimum Gasteiger partial charge on any atom is -0.482 e. The zero-order valence-electron chi connectivity index (χ0n) is 26.8. The lowest BCUT2D eigenvalue weighted by Crippen LogP contribution is -2.46. The van der Waals surface area contributed by atoms with Crippen molar-refractivity contribution >= 4 is 28.4 Å². The van der Waals surface area contributed by atoms with Crippen molar-refractivity contribution in [1.82, 2.24) is 0 Å². The van der Waals surface area contributed by atoms with Gasteiger partial charge in [-0.3, -0.25) is 0 Å². The van der Waals surface area contributed by atoms with E-state index in [1.165, 1.54) is 0 Å². The Hall–Kier alpha value is -7.02. The van der Waals surface area contributed by atoms with Gasteiger partial charge in [-0.1, -0.05) is 78.9 Å². The van der Waals surface area contributed by atoms with E-state index < -0.39 is 0 Å². The van der Waals surface area contributed by atoms with Crippen LogP contribution in [0.15, 0.2) is 158 Å². The van der Waals surface area contributed by atoms with Crippen LogP contribution in [0.4, 0.5) is 28.4 Å². The molecule has 0 saturated carbocycles. The van der Waals surface area contributed by atoms with Gasteiger partial charge < -0.3 is 19.3 Å². The fourth-order valence-electron chi connectivity index (χ4n) is 7.13. The number of nitrogens with zero attached hydrogens (tertiary/aromatic N) is 4. The van der Waals surface area contributed by atoms with E-state index in [-0.39, 0.29) is 12.1 Å². The van der Waals surface area contributed by atoms with Crippen LogP contribution in [0.3, 0.4) is 0 Å². The lowest BCUT2D eigenvalue weighted by Gasteiger charge is -2.42.